The Labute approximate surface area is 92.6 Å². The van der Waals surface area contributed by atoms with E-state index in [1.54, 1.807) is 12.1 Å². The molecule has 1 N–H and O–H groups in total. The molecule has 1 atom stereocenters. The van der Waals surface area contributed by atoms with Gasteiger partial charge in [-0.3, -0.25) is 0 Å². The Balaban J connectivity index is 2.31. The average molecular weight is 221 g/mol. The van der Waals surface area contributed by atoms with Crippen LogP contribution in [0.1, 0.15) is 18.5 Å². The zero-order chi connectivity index (χ0) is 11.5. The van der Waals surface area contributed by atoms with Crippen LogP contribution in [0.2, 0.25) is 0 Å². The number of aliphatic hydroxyl groups is 1. The molecule has 2 aromatic rings. The Kier molecular flexibility index (Phi) is 3.01. The minimum Gasteiger partial charge on any atom is -0.444 e. The summed E-state index contributed by atoms with van der Waals surface area (Å²) in [4.78, 5) is 4.20. The van der Waals surface area contributed by atoms with Crippen molar-refractivity contribution in [3.63, 3.8) is 0 Å². The Morgan fingerprint density at radius 1 is 1.50 bits per heavy atom. The fourth-order valence-corrected chi connectivity index (χ4v) is 1.36. The van der Waals surface area contributed by atoms with Gasteiger partial charge in [0, 0.05) is 11.5 Å². The lowest BCUT2D eigenvalue weighted by atomic mass is 10.1. The molecule has 2 rings (SSSR count). The van der Waals surface area contributed by atoms with Crippen LogP contribution in [0.3, 0.4) is 0 Å². The van der Waals surface area contributed by atoms with E-state index in [-0.39, 0.29) is 18.3 Å². The number of rotatable bonds is 3. The van der Waals surface area contributed by atoms with Crippen LogP contribution in [0.25, 0.3) is 11.5 Å². The number of nitrogens with zero attached hydrogens (tertiary/aromatic N) is 1. The molecular formula is C12H12FNO2. The first-order chi connectivity index (χ1) is 7.70. The second kappa shape index (κ2) is 4.45. The van der Waals surface area contributed by atoms with Crippen molar-refractivity contribution in [1.29, 1.82) is 0 Å². The summed E-state index contributed by atoms with van der Waals surface area (Å²) < 4.78 is 18.2. The number of hydrogen-bond donors (Lipinski definition) is 1. The maximum absolute atomic E-state index is 13.0. The van der Waals surface area contributed by atoms with E-state index in [0.717, 1.165) is 0 Å². The molecule has 84 valence electrons. The number of aliphatic hydroxyl groups excluding tert-OH is 1. The highest BCUT2D eigenvalue weighted by molar-refractivity contribution is 5.53. The van der Waals surface area contributed by atoms with Crippen LogP contribution in [-0.4, -0.2) is 16.7 Å². The molecule has 4 heteroatoms. The number of halogens is 1. The first-order valence-electron chi connectivity index (χ1n) is 5.03. The van der Waals surface area contributed by atoms with E-state index in [4.69, 9.17) is 9.52 Å². The third kappa shape index (κ3) is 2.12. The van der Waals surface area contributed by atoms with Crippen LogP contribution in [0.15, 0.2) is 34.9 Å². The van der Waals surface area contributed by atoms with E-state index in [1.165, 1.54) is 18.4 Å². The summed E-state index contributed by atoms with van der Waals surface area (Å²) in [7, 11) is 0. The molecule has 0 aliphatic carbocycles. The standard InChI is InChI=1S/C12H12FNO2/c1-8(6-15)11-7-16-12(14-11)9-3-2-4-10(13)5-9/h2-5,7-8,15H,6H2,1H3. The van der Waals surface area contributed by atoms with Gasteiger partial charge in [-0.05, 0) is 18.2 Å². The molecule has 3 nitrogen and oxygen atoms in total. The van der Waals surface area contributed by atoms with Crippen molar-refractivity contribution >= 4 is 0 Å². The molecule has 16 heavy (non-hydrogen) atoms. The van der Waals surface area contributed by atoms with Crippen molar-refractivity contribution in [3.05, 3.63) is 42.0 Å². The zero-order valence-corrected chi connectivity index (χ0v) is 8.85. The molecule has 0 aliphatic rings. The van der Waals surface area contributed by atoms with Crippen LogP contribution in [0, 0.1) is 5.82 Å². The summed E-state index contributed by atoms with van der Waals surface area (Å²) in [5, 5.41) is 8.97. The quantitative estimate of drug-likeness (QED) is 0.866. The molecule has 0 fully saturated rings. The van der Waals surface area contributed by atoms with Gasteiger partial charge in [0.2, 0.25) is 5.89 Å². The predicted octanol–water partition coefficient (Wildman–Crippen LogP) is 2.58. The van der Waals surface area contributed by atoms with Gasteiger partial charge in [0.25, 0.3) is 0 Å². The fourth-order valence-electron chi connectivity index (χ4n) is 1.36. The van der Waals surface area contributed by atoms with Gasteiger partial charge < -0.3 is 9.52 Å². The third-order valence-electron chi connectivity index (χ3n) is 2.37. The molecule has 0 saturated carbocycles. The van der Waals surface area contributed by atoms with Gasteiger partial charge in [-0.2, -0.15) is 0 Å². The molecule has 1 aromatic carbocycles. The van der Waals surface area contributed by atoms with E-state index in [2.05, 4.69) is 4.98 Å². The number of oxazole rings is 1. The SMILES string of the molecule is CC(CO)c1coc(-c2cccc(F)c2)n1. The van der Waals surface area contributed by atoms with E-state index in [9.17, 15) is 4.39 Å². The molecular weight excluding hydrogens is 209 g/mol. The highest BCUT2D eigenvalue weighted by Crippen LogP contribution is 2.22. The van der Waals surface area contributed by atoms with Gasteiger partial charge in [-0.15, -0.1) is 0 Å². The maximum atomic E-state index is 13.0. The number of aromatic nitrogens is 1. The smallest absolute Gasteiger partial charge is 0.226 e. The summed E-state index contributed by atoms with van der Waals surface area (Å²) in [5.41, 5.74) is 1.26. The van der Waals surface area contributed by atoms with Crippen LogP contribution < -0.4 is 0 Å². The molecule has 0 radical (unpaired) electrons. The van der Waals surface area contributed by atoms with E-state index in [0.29, 0.717) is 17.1 Å². The first-order valence-corrected chi connectivity index (χ1v) is 5.03. The molecule has 1 heterocycles. The largest absolute Gasteiger partial charge is 0.444 e. The molecule has 1 aromatic heterocycles. The molecule has 0 saturated heterocycles. The lowest BCUT2D eigenvalue weighted by Crippen LogP contribution is -1.98. The van der Waals surface area contributed by atoms with Gasteiger partial charge >= 0.3 is 0 Å². The van der Waals surface area contributed by atoms with Gasteiger partial charge in [-0.25, -0.2) is 9.37 Å². The van der Waals surface area contributed by atoms with Crippen LogP contribution in [0.4, 0.5) is 4.39 Å². The third-order valence-corrected chi connectivity index (χ3v) is 2.37. The maximum Gasteiger partial charge on any atom is 0.226 e. The number of benzene rings is 1. The van der Waals surface area contributed by atoms with Crippen LogP contribution in [0.5, 0.6) is 0 Å². The Bertz CT molecular complexity index is 481. The summed E-state index contributed by atoms with van der Waals surface area (Å²) in [6, 6.07) is 6.05. The van der Waals surface area contributed by atoms with Crippen molar-refractivity contribution in [2.75, 3.05) is 6.61 Å². The molecule has 0 amide bonds. The van der Waals surface area contributed by atoms with Gasteiger partial charge in [0.15, 0.2) is 0 Å². The topological polar surface area (TPSA) is 46.3 Å². The highest BCUT2D eigenvalue weighted by Gasteiger charge is 2.11. The normalized spacial score (nSPS) is 12.7. The monoisotopic (exact) mass is 221 g/mol. The van der Waals surface area contributed by atoms with Crippen molar-refractivity contribution in [3.8, 4) is 11.5 Å². The van der Waals surface area contributed by atoms with Gasteiger partial charge in [0.1, 0.15) is 12.1 Å². The summed E-state index contributed by atoms with van der Waals surface area (Å²) >= 11 is 0. The summed E-state index contributed by atoms with van der Waals surface area (Å²) in [6.45, 7) is 1.85. The fraction of sp³-hybridized carbons (Fsp3) is 0.250. The minimum atomic E-state index is -0.326. The van der Waals surface area contributed by atoms with Gasteiger partial charge in [0.05, 0.1) is 12.3 Å². The summed E-state index contributed by atoms with van der Waals surface area (Å²) in [6.07, 6.45) is 1.49. The molecule has 0 bridgehead atoms. The second-order valence-corrected chi connectivity index (χ2v) is 3.67. The second-order valence-electron chi connectivity index (χ2n) is 3.67. The molecule has 0 spiro atoms. The van der Waals surface area contributed by atoms with E-state index in [1.807, 2.05) is 6.92 Å². The highest BCUT2D eigenvalue weighted by atomic mass is 19.1. The van der Waals surface area contributed by atoms with Crippen molar-refractivity contribution in [2.45, 2.75) is 12.8 Å². The van der Waals surface area contributed by atoms with Crippen LogP contribution in [-0.2, 0) is 0 Å². The molecule has 0 aliphatic heterocycles. The Morgan fingerprint density at radius 3 is 3.00 bits per heavy atom. The average Bonchev–Trinajstić information content (AvgIpc) is 2.77. The first kappa shape index (κ1) is 10.8. The van der Waals surface area contributed by atoms with Crippen molar-refractivity contribution in [1.82, 2.24) is 4.98 Å². The lowest BCUT2D eigenvalue weighted by Gasteiger charge is -2.00. The predicted molar refractivity (Wildman–Crippen MR) is 57.4 cm³/mol. The van der Waals surface area contributed by atoms with Crippen molar-refractivity contribution in [2.24, 2.45) is 0 Å². The van der Waals surface area contributed by atoms with E-state index < -0.39 is 0 Å². The van der Waals surface area contributed by atoms with Crippen LogP contribution >= 0.6 is 0 Å². The summed E-state index contributed by atoms with van der Waals surface area (Å²) in [5.74, 6) is -0.0340. The Morgan fingerprint density at radius 2 is 2.31 bits per heavy atom. The van der Waals surface area contributed by atoms with E-state index >= 15 is 0 Å². The minimum absolute atomic E-state index is 0.00905. The zero-order valence-electron chi connectivity index (χ0n) is 8.85. The molecule has 1 unspecified atom stereocenters. The van der Waals surface area contributed by atoms with Gasteiger partial charge in [-0.1, -0.05) is 13.0 Å². The number of hydrogen-bond acceptors (Lipinski definition) is 3. The Hall–Kier alpha value is -1.68. The lowest BCUT2D eigenvalue weighted by molar-refractivity contribution is 0.271. The van der Waals surface area contributed by atoms with Crippen molar-refractivity contribution < 1.29 is 13.9 Å².